The number of carbonyl (C=O) groups is 1. The van der Waals surface area contributed by atoms with Crippen molar-refractivity contribution in [3.8, 4) is 6.07 Å². The van der Waals surface area contributed by atoms with Gasteiger partial charge in [-0.25, -0.2) is 0 Å². The summed E-state index contributed by atoms with van der Waals surface area (Å²) in [5.74, 6) is 2.80. The minimum absolute atomic E-state index is 0.176. The van der Waals surface area contributed by atoms with Crippen LogP contribution >= 0.6 is 11.3 Å². The lowest BCUT2D eigenvalue weighted by Crippen LogP contribution is -2.48. The van der Waals surface area contributed by atoms with E-state index in [0.29, 0.717) is 11.8 Å². The average Bonchev–Trinajstić information content (AvgIpc) is 2.92. The predicted octanol–water partition coefficient (Wildman–Crippen LogP) is 4.00. The third-order valence-electron chi connectivity index (χ3n) is 5.80. The maximum absolute atomic E-state index is 12.9. The minimum Gasteiger partial charge on any atom is -0.297 e. The molecule has 0 amide bonds. The number of nitriles is 1. The van der Waals surface area contributed by atoms with E-state index < -0.39 is 5.92 Å². The maximum Gasteiger partial charge on any atom is 0.158 e. The molecule has 4 aliphatic rings. The number of rotatable bonds is 3. The van der Waals surface area contributed by atoms with Crippen LogP contribution in [0.4, 0.5) is 0 Å². The van der Waals surface area contributed by atoms with E-state index in [0.717, 1.165) is 16.7 Å². The Kier molecular flexibility index (Phi) is 2.96. The molecule has 0 aliphatic heterocycles. The molecule has 1 aromatic heterocycles. The van der Waals surface area contributed by atoms with Gasteiger partial charge in [-0.05, 0) is 67.2 Å². The molecular formula is C17H19NOS. The molecule has 1 aromatic rings. The van der Waals surface area contributed by atoms with E-state index in [4.69, 9.17) is 0 Å². The van der Waals surface area contributed by atoms with Gasteiger partial charge in [0, 0.05) is 10.8 Å². The fourth-order valence-corrected chi connectivity index (χ4v) is 6.08. The highest BCUT2D eigenvalue weighted by Crippen LogP contribution is 2.57. The van der Waals surface area contributed by atoms with Crippen LogP contribution < -0.4 is 0 Å². The highest BCUT2D eigenvalue weighted by Gasteiger charge is 2.51. The summed E-state index contributed by atoms with van der Waals surface area (Å²) in [5.41, 5.74) is 0. The zero-order chi connectivity index (χ0) is 13.7. The molecule has 0 radical (unpaired) electrons. The lowest BCUT2D eigenvalue weighted by molar-refractivity contribution is -0.136. The van der Waals surface area contributed by atoms with Crippen LogP contribution in [0.1, 0.15) is 42.9 Å². The van der Waals surface area contributed by atoms with Gasteiger partial charge in [-0.15, -0.1) is 11.3 Å². The molecule has 0 aromatic carbocycles. The van der Waals surface area contributed by atoms with Gasteiger partial charge in [0.1, 0.15) is 5.92 Å². The summed E-state index contributed by atoms with van der Waals surface area (Å²) in [7, 11) is 0. The Morgan fingerprint density at radius 3 is 2.35 bits per heavy atom. The Balaban J connectivity index is 1.61. The van der Waals surface area contributed by atoms with Crippen LogP contribution in [0.5, 0.6) is 0 Å². The van der Waals surface area contributed by atoms with Gasteiger partial charge in [-0.2, -0.15) is 5.26 Å². The van der Waals surface area contributed by atoms with E-state index in [1.54, 1.807) is 11.3 Å². The minimum atomic E-state index is -0.516. The van der Waals surface area contributed by atoms with Crippen molar-refractivity contribution in [2.24, 2.45) is 29.6 Å². The first-order valence-corrected chi connectivity index (χ1v) is 8.61. The van der Waals surface area contributed by atoms with Gasteiger partial charge in [0.25, 0.3) is 0 Å². The third-order valence-corrected chi connectivity index (χ3v) is 6.73. The number of carbonyl (C=O) groups excluding carboxylic acids is 1. The summed E-state index contributed by atoms with van der Waals surface area (Å²) in [5, 5.41) is 11.4. The molecule has 3 heteroatoms. The van der Waals surface area contributed by atoms with Crippen molar-refractivity contribution in [2.45, 2.75) is 38.0 Å². The molecule has 0 N–H and O–H groups in total. The van der Waals surface area contributed by atoms with E-state index in [1.807, 2.05) is 17.5 Å². The molecule has 1 atom stereocenters. The third kappa shape index (κ3) is 1.85. The van der Waals surface area contributed by atoms with Crippen molar-refractivity contribution in [3.05, 3.63) is 22.4 Å². The summed E-state index contributed by atoms with van der Waals surface area (Å²) in [6, 6.07) is 6.15. The second-order valence-electron chi connectivity index (χ2n) is 6.94. The number of nitrogens with zero attached hydrogens (tertiary/aromatic N) is 1. The van der Waals surface area contributed by atoms with Crippen LogP contribution in [0, 0.1) is 40.9 Å². The maximum atomic E-state index is 12.9. The molecule has 20 heavy (non-hydrogen) atoms. The molecule has 0 saturated heterocycles. The molecule has 1 heterocycles. The molecule has 0 spiro atoms. The first-order valence-electron chi connectivity index (χ1n) is 7.73. The van der Waals surface area contributed by atoms with Gasteiger partial charge in [0.15, 0.2) is 5.78 Å². The van der Waals surface area contributed by atoms with E-state index in [2.05, 4.69) is 6.07 Å². The lowest BCUT2D eigenvalue weighted by Gasteiger charge is -2.54. The van der Waals surface area contributed by atoms with Gasteiger partial charge in [-0.3, -0.25) is 4.79 Å². The van der Waals surface area contributed by atoms with Crippen molar-refractivity contribution < 1.29 is 4.79 Å². The Hall–Kier alpha value is -1.14. The second-order valence-corrected chi connectivity index (χ2v) is 7.92. The van der Waals surface area contributed by atoms with Crippen molar-refractivity contribution in [2.75, 3.05) is 0 Å². The van der Waals surface area contributed by atoms with Crippen molar-refractivity contribution in [3.63, 3.8) is 0 Å². The molecule has 4 aliphatic carbocycles. The molecular weight excluding hydrogens is 266 g/mol. The average molecular weight is 285 g/mol. The monoisotopic (exact) mass is 285 g/mol. The highest BCUT2D eigenvalue weighted by molar-refractivity contribution is 7.10. The topological polar surface area (TPSA) is 40.9 Å². The van der Waals surface area contributed by atoms with Crippen molar-refractivity contribution in [1.82, 2.24) is 0 Å². The Bertz CT molecular complexity index is 528. The highest BCUT2D eigenvalue weighted by atomic mass is 32.1. The summed E-state index contributed by atoms with van der Waals surface area (Å²) in [4.78, 5) is 13.9. The smallest absolute Gasteiger partial charge is 0.158 e. The zero-order valence-corrected chi connectivity index (χ0v) is 12.3. The van der Waals surface area contributed by atoms with Gasteiger partial charge in [-0.1, -0.05) is 6.07 Å². The molecule has 2 nitrogen and oxygen atoms in total. The number of Topliss-reactive ketones (excluding diaryl/α,β-unsaturated/α-hetero) is 1. The van der Waals surface area contributed by atoms with Crippen molar-refractivity contribution in [1.29, 1.82) is 5.26 Å². The van der Waals surface area contributed by atoms with Gasteiger partial charge in [0.05, 0.1) is 6.07 Å². The Labute approximate surface area is 123 Å². The van der Waals surface area contributed by atoms with E-state index in [9.17, 15) is 10.1 Å². The first kappa shape index (κ1) is 12.6. The SMILES string of the molecule is N#CC(C(=O)C1C2CC3CC(C2)CC1C3)c1cccs1. The molecule has 4 fully saturated rings. The van der Waals surface area contributed by atoms with E-state index in [1.165, 1.54) is 32.1 Å². The quantitative estimate of drug-likeness (QED) is 0.842. The normalized spacial score (nSPS) is 39.5. The molecule has 4 bridgehead atoms. The largest absolute Gasteiger partial charge is 0.297 e. The van der Waals surface area contributed by atoms with E-state index in [-0.39, 0.29) is 11.7 Å². The second kappa shape index (κ2) is 4.70. The Morgan fingerprint density at radius 1 is 1.20 bits per heavy atom. The van der Waals surface area contributed by atoms with Crippen molar-refractivity contribution >= 4 is 17.1 Å². The van der Waals surface area contributed by atoms with Gasteiger partial charge >= 0.3 is 0 Å². The lowest BCUT2D eigenvalue weighted by atomic mass is 9.50. The van der Waals surface area contributed by atoms with Gasteiger partial charge < -0.3 is 0 Å². The molecule has 5 rings (SSSR count). The Morgan fingerprint density at radius 2 is 1.85 bits per heavy atom. The van der Waals surface area contributed by atoms with Gasteiger partial charge in [0.2, 0.25) is 0 Å². The summed E-state index contributed by atoms with van der Waals surface area (Å²) < 4.78 is 0. The predicted molar refractivity (Wildman–Crippen MR) is 78.2 cm³/mol. The number of ketones is 1. The summed E-state index contributed by atoms with van der Waals surface area (Å²) in [6.07, 6.45) is 6.37. The zero-order valence-electron chi connectivity index (χ0n) is 11.5. The van der Waals surface area contributed by atoms with Crippen LogP contribution in [0.2, 0.25) is 0 Å². The van der Waals surface area contributed by atoms with Crippen LogP contribution in [-0.4, -0.2) is 5.78 Å². The number of hydrogen-bond acceptors (Lipinski definition) is 3. The molecule has 1 unspecified atom stereocenters. The molecule has 4 saturated carbocycles. The van der Waals surface area contributed by atoms with Crippen LogP contribution in [0.25, 0.3) is 0 Å². The van der Waals surface area contributed by atoms with Crippen LogP contribution in [0.15, 0.2) is 17.5 Å². The fourth-order valence-electron chi connectivity index (χ4n) is 5.31. The van der Waals surface area contributed by atoms with Crippen LogP contribution in [-0.2, 0) is 4.79 Å². The van der Waals surface area contributed by atoms with E-state index >= 15 is 0 Å². The number of thiophene rings is 1. The summed E-state index contributed by atoms with van der Waals surface area (Å²) in [6.45, 7) is 0. The summed E-state index contributed by atoms with van der Waals surface area (Å²) >= 11 is 1.54. The standard InChI is InChI=1S/C17H19NOS/c18-9-14(15-2-1-3-20-15)17(19)16-12-5-10-4-11(7-12)8-13(16)6-10/h1-3,10-14,16H,4-8H2. The van der Waals surface area contributed by atoms with Crippen LogP contribution in [0.3, 0.4) is 0 Å². The fraction of sp³-hybridized carbons (Fsp3) is 0.647. The number of hydrogen-bond donors (Lipinski definition) is 0. The molecule has 104 valence electrons. The first-order chi connectivity index (χ1) is 9.76.